The van der Waals surface area contributed by atoms with Gasteiger partial charge in [0.05, 0.1) is 10.6 Å². The molecule has 0 aromatic heterocycles. The third-order valence-corrected chi connectivity index (χ3v) is 4.76. The molecule has 0 radical (unpaired) electrons. The highest BCUT2D eigenvalue weighted by molar-refractivity contribution is 7.90. The minimum absolute atomic E-state index is 0.169. The van der Waals surface area contributed by atoms with Crippen LogP contribution in [0.4, 0.5) is 10.1 Å². The fourth-order valence-electron chi connectivity index (χ4n) is 1.85. The number of anilines is 1. The van der Waals surface area contributed by atoms with E-state index in [1.807, 2.05) is 0 Å². The Morgan fingerprint density at radius 1 is 1.11 bits per heavy atom. The summed E-state index contributed by atoms with van der Waals surface area (Å²) in [6, 6.07) is 10.2. The lowest BCUT2D eigenvalue weighted by atomic mass is 10.2. The Labute approximate surface area is 111 Å². The molecule has 0 bridgehead atoms. The Morgan fingerprint density at radius 2 is 1.74 bits per heavy atom. The Kier molecular flexibility index (Phi) is 3.57. The number of halogens is 1. The van der Waals surface area contributed by atoms with Crippen LogP contribution in [-0.2, 0) is 15.6 Å². The molecule has 0 saturated carbocycles. The van der Waals surface area contributed by atoms with Crippen LogP contribution in [0.1, 0.15) is 11.1 Å². The minimum Gasteiger partial charge on any atom is -0.398 e. The Balaban J connectivity index is 2.38. The second-order valence-corrected chi connectivity index (χ2v) is 6.31. The molecule has 2 aromatic carbocycles. The Morgan fingerprint density at radius 3 is 2.37 bits per heavy atom. The number of hydrogen-bond acceptors (Lipinski definition) is 3. The molecule has 2 rings (SSSR count). The fourth-order valence-corrected chi connectivity index (χ4v) is 3.50. The largest absolute Gasteiger partial charge is 0.398 e. The van der Waals surface area contributed by atoms with Crippen molar-refractivity contribution >= 4 is 15.5 Å². The molecule has 2 aromatic rings. The van der Waals surface area contributed by atoms with E-state index < -0.39 is 9.84 Å². The van der Waals surface area contributed by atoms with Gasteiger partial charge in [0.25, 0.3) is 0 Å². The SMILES string of the molecule is Cc1c(N)cccc1S(=O)(=O)Cc1ccc(F)cc1. The fraction of sp³-hybridized carbons (Fsp3) is 0.143. The predicted molar refractivity (Wildman–Crippen MR) is 72.9 cm³/mol. The summed E-state index contributed by atoms with van der Waals surface area (Å²) in [4.78, 5) is 0.219. The third-order valence-electron chi connectivity index (χ3n) is 2.93. The first-order chi connectivity index (χ1) is 8.90. The molecule has 5 heteroatoms. The van der Waals surface area contributed by atoms with Crippen LogP contribution in [0.2, 0.25) is 0 Å². The van der Waals surface area contributed by atoms with Gasteiger partial charge in [-0.25, -0.2) is 12.8 Å². The normalized spacial score (nSPS) is 11.5. The van der Waals surface area contributed by atoms with Gasteiger partial charge in [0, 0.05) is 5.69 Å². The van der Waals surface area contributed by atoms with E-state index in [4.69, 9.17) is 5.73 Å². The molecule has 100 valence electrons. The van der Waals surface area contributed by atoms with Crippen LogP contribution < -0.4 is 5.73 Å². The summed E-state index contributed by atoms with van der Waals surface area (Å²) in [7, 11) is -3.48. The maximum atomic E-state index is 12.8. The maximum absolute atomic E-state index is 12.8. The van der Waals surface area contributed by atoms with Crippen molar-refractivity contribution in [2.24, 2.45) is 0 Å². The van der Waals surface area contributed by atoms with Crippen molar-refractivity contribution in [1.29, 1.82) is 0 Å². The van der Waals surface area contributed by atoms with Gasteiger partial charge in [-0.15, -0.1) is 0 Å². The van der Waals surface area contributed by atoms with Crippen LogP contribution >= 0.6 is 0 Å². The van der Waals surface area contributed by atoms with Gasteiger partial charge in [0.1, 0.15) is 5.82 Å². The van der Waals surface area contributed by atoms with Crippen molar-refractivity contribution in [3.05, 3.63) is 59.4 Å². The lowest BCUT2D eigenvalue weighted by Crippen LogP contribution is -2.08. The molecule has 19 heavy (non-hydrogen) atoms. The standard InChI is InChI=1S/C14H14FNO2S/c1-10-13(16)3-2-4-14(10)19(17,18)9-11-5-7-12(15)8-6-11/h2-8H,9,16H2,1H3. The molecule has 0 amide bonds. The van der Waals surface area contributed by atoms with Crippen LogP contribution in [0.25, 0.3) is 0 Å². The van der Waals surface area contributed by atoms with E-state index in [0.717, 1.165) is 0 Å². The van der Waals surface area contributed by atoms with Crippen LogP contribution in [0, 0.1) is 12.7 Å². The summed E-state index contributed by atoms with van der Waals surface area (Å²) in [5, 5.41) is 0. The van der Waals surface area contributed by atoms with E-state index in [2.05, 4.69) is 0 Å². The molecule has 0 aliphatic carbocycles. The molecule has 0 unspecified atom stereocenters. The maximum Gasteiger partial charge on any atom is 0.182 e. The van der Waals surface area contributed by atoms with Crippen molar-refractivity contribution in [1.82, 2.24) is 0 Å². The molecule has 2 N–H and O–H groups in total. The monoisotopic (exact) mass is 279 g/mol. The van der Waals surface area contributed by atoms with E-state index in [9.17, 15) is 12.8 Å². The molecule has 0 spiro atoms. The van der Waals surface area contributed by atoms with Crippen molar-refractivity contribution in [3.8, 4) is 0 Å². The molecule has 0 aliphatic heterocycles. The highest BCUT2D eigenvalue weighted by Gasteiger charge is 2.18. The molecule has 0 saturated heterocycles. The zero-order chi connectivity index (χ0) is 14.0. The summed E-state index contributed by atoms with van der Waals surface area (Å²) in [5.41, 5.74) is 7.25. The Hall–Kier alpha value is -1.88. The zero-order valence-electron chi connectivity index (χ0n) is 10.4. The zero-order valence-corrected chi connectivity index (χ0v) is 11.2. The quantitative estimate of drug-likeness (QED) is 0.879. The van der Waals surface area contributed by atoms with E-state index in [-0.39, 0.29) is 16.5 Å². The smallest absolute Gasteiger partial charge is 0.182 e. The second kappa shape index (κ2) is 5.01. The molecule has 0 aliphatic rings. The van der Waals surface area contributed by atoms with E-state index >= 15 is 0 Å². The van der Waals surface area contributed by atoms with Gasteiger partial charge in [0.2, 0.25) is 0 Å². The van der Waals surface area contributed by atoms with Gasteiger partial charge in [-0.2, -0.15) is 0 Å². The van der Waals surface area contributed by atoms with Gasteiger partial charge in [-0.3, -0.25) is 0 Å². The summed E-state index contributed by atoms with van der Waals surface area (Å²) in [5.74, 6) is -0.557. The highest BCUT2D eigenvalue weighted by Crippen LogP contribution is 2.24. The second-order valence-electron chi connectivity index (χ2n) is 4.36. The van der Waals surface area contributed by atoms with Gasteiger partial charge in [-0.1, -0.05) is 18.2 Å². The van der Waals surface area contributed by atoms with Crippen LogP contribution in [0.15, 0.2) is 47.4 Å². The first kappa shape index (κ1) is 13.5. The summed E-state index contributed by atoms with van der Waals surface area (Å²) in [6.07, 6.45) is 0. The minimum atomic E-state index is -3.48. The predicted octanol–water partition coefficient (Wildman–Crippen LogP) is 2.69. The lowest BCUT2D eigenvalue weighted by molar-refractivity contribution is 0.594. The lowest BCUT2D eigenvalue weighted by Gasteiger charge is -2.09. The first-order valence-electron chi connectivity index (χ1n) is 5.72. The molecule has 0 fully saturated rings. The van der Waals surface area contributed by atoms with Gasteiger partial charge in [-0.05, 0) is 42.3 Å². The Bertz CT molecular complexity index is 694. The molecule has 3 nitrogen and oxygen atoms in total. The van der Waals surface area contributed by atoms with Crippen molar-refractivity contribution in [2.45, 2.75) is 17.6 Å². The van der Waals surface area contributed by atoms with Crippen molar-refractivity contribution in [2.75, 3.05) is 5.73 Å². The summed E-state index contributed by atoms with van der Waals surface area (Å²) in [6.45, 7) is 1.67. The van der Waals surface area contributed by atoms with Crippen molar-refractivity contribution < 1.29 is 12.8 Å². The van der Waals surface area contributed by atoms with Crippen LogP contribution in [-0.4, -0.2) is 8.42 Å². The van der Waals surface area contributed by atoms with E-state index in [0.29, 0.717) is 16.8 Å². The van der Waals surface area contributed by atoms with E-state index in [1.54, 1.807) is 19.1 Å². The van der Waals surface area contributed by atoms with Gasteiger partial charge < -0.3 is 5.73 Å². The van der Waals surface area contributed by atoms with Crippen LogP contribution in [0.5, 0.6) is 0 Å². The summed E-state index contributed by atoms with van der Waals surface area (Å²) < 4.78 is 37.4. The first-order valence-corrected chi connectivity index (χ1v) is 7.37. The van der Waals surface area contributed by atoms with E-state index in [1.165, 1.54) is 30.3 Å². The van der Waals surface area contributed by atoms with Gasteiger partial charge in [0.15, 0.2) is 9.84 Å². The number of benzene rings is 2. The molecule has 0 heterocycles. The molecular weight excluding hydrogens is 265 g/mol. The number of nitrogens with two attached hydrogens (primary N) is 1. The van der Waals surface area contributed by atoms with Gasteiger partial charge >= 0.3 is 0 Å². The highest BCUT2D eigenvalue weighted by atomic mass is 32.2. The molecular formula is C14H14FNO2S. The average Bonchev–Trinajstić information content (AvgIpc) is 2.35. The summed E-state index contributed by atoms with van der Waals surface area (Å²) >= 11 is 0. The number of sulfone groups is 1. The van der Waals surface area contributed by atoms with Crippen molar-refractivity contribution in [3.63, 3.8) is 0 Å². The number of rotatable bonds is 3. The van der Waals surface area contributed by atoms with Crippen LogP contribution in [0.3, 0.4) is 0 Å². The average molecular weight is 279 g/mol. The topological polar surface area (TPSA) is 60.2 Å². The molecule has 0 atom stereocenters. The number of hydrogen-bond donors (Lipinski definition) is 1. The third kappa shape index (κ3) is 2.93. The number of nitrogen functional groups attached to an aromatic ring is 1.